The van der Waals surface area contributed by atoms with Crippen molar-refractivity contribution < 1.29 is 0 Å². The summed E-state index contributed by atoms with van der Waals surface area (Å²) in [7, 11) is 0. The molecule has 0 atom stereocenters. The predicted molar refractivity (Wildman–Crippen MR) is 79.2 cm³/mol. The van der Waals surface area contributed by atoms with Crippen LogP contribution in [0.3, 0.4) is 0 Å². The predicted octanol–water partition coefficient (Wildman–Crippen LogP) is 4.53. The first-order valence-corrected chi connectivity index (χ1v) is 6.86. The van der Waals surface area contributed by atoms with Crippen molar-refractivity contribution in [3.05, 3.63) is 46.0 Å². The summed E-state index contributed by atoms with van der Waals surface area (Å²) in [6.07, 6.45) is 3.04. The summed E-state index contributed by atoms with van der Waals surface area (Å²) < 4.78 is 2.97. The van der Waals surface area contributed by atoms with E-state index in [9.17, 15) is 0 Å². The number of nitrogens with one attached hydrogen (secondary N) is 1. The highest BCUT2D eigenvalue weighted by Crippen LogP contribution is 2.25. The van der Waals surface area contributed by atoms with Gasteiger partial charge in [0.05, 0.1) is 5.69 Å². The normalized spacial score (nSPS) is 11.2. The molecule has 2 aromatic rings. The lowest BCUT2D eigenvalue weighted by Gasteiger charge is -2.17. The van der Waals surface area contributed by atoms with Crippen LogP contribution in [0.15, 0.2) is 24.4 Å². The maximum absolute atomic E-state index is 5.45. The van der Waals surface area contributed by atoms with Gasteiger partial charge < -0.3 is 4.98 Å². The molecule has 0 aliphatic rings. The van der Waals surface area contributed by atoms with Crippen molar-refractivity contribution in [3.63, 3.8) is 0 Å². The van der Waals surface area contributed by atoms with Crippen LogP contribution in [-0.4, -0.2) is 9.55 Å². The Hall–Kier alpha value is -1.35. The van der Waals surface area contributed by atoms with Crippen molar-refractivity contribution in [2.24, 2.45) is 0 Å². The van der Waals surface area contributed by atoms with Gasteiger partial charge in [0.1, 0.15) is 0 Å². The molecule has 0 saturated carbocycles. The van der Waals surface area contributed by atoms with E-state index in [1.54, 1.807) is 0 Å². The molecule has 2 rings (SSSR count). The van der Waals surface area contributed by atoms with Crippen LogP contribution in [0.4, 0.5) is 0 Å². The number of aromatic nitrogens is 2. The van der Waals surface area contributed by atoms with Gasteiger partial charge in [-0.25, -0.2) is 0 Å². The average Bonchev–Trinajstić information content (AvgIpc) is 2.71. The van der Waals surface area contributed by atoms with Crippen molar-refractivity contribution in [2.45, 2.75) is 40.0 Å². The molecule has 1 N–H and O–H groups in total. The number of para-hydroxylation sites is 1. The number of nitrogens with zero attached hydrogens (tertiary/aromatic N) is 1. The van der Waals surface area contributed by atoms with E-state index in [4.69, 9.17) is 12.2 Å². The summed E-state index contributed by atoms with van der Waals surface area (Å²) >= 11 is 5.45. The molecule has 1 aromatic carbocycles. The number of H-pyrrole nitrogens is 1. The van der Waals surface area contributed by atoms with Crippen LogP contribution < -0.4 is 0 Å². The van der Waals surface area contributed by atoms with E-state index in [1.165, 1.54) is 22.5 Å². The van der Waals surface area contributed by atoms with E-state index in [2.05, 4.69) is 55.4 Å². The second-order valence-corrected chi connectivity index (χ2v) is 5.33. The van der Waals surface area contributed by atoms with Gasteiger partial charge in [0.2, 0.25) is 0 Å². The Kier molecular flexibility index (Phi) is 3.71. The number of hydrogen-bond acceptors (Lipinski definition) is 1. The Balaban J connectivity index is 2.77. The van der Waals surface area contributed by atoms with Gasteiger partial charge in [0, 0.05) is 11.9 Å². The smallest absolute Gasteiger partial charge is 0.182 e. The highest BCUT2D eigenvalue weighted by Gasteiger charge is 2.14. The summed E-state index contributed by atoms with van der Waals surface area (Å²) in [6, 6.07) is 6.44. The molecule has 2 nitrogen and oxygen atoms in total. The Morgan fingerprint density at radius 3 is 2.67 bits per heavy atom. The Morgan fingerprint density at radius 1 is 1.33 bits per heavy atom. The lowest BCUT2D eigenvalue weighted by atomic mass is 10.0. The van der Waals surface area contributed by atoms with Crippen LogP contribution in [0.2, 0.25) is 0 Å². The highest BCUT2D eigenvalue weighted by molar-refractivity contribution is 7.71. The molecule has 0 aliphatic carbocycles. The van der Waals surface area contributed by atoms with Crippen LogP contribution in [0.25, 0.3) is 5.69 Å². The van der Waals surface area contributed by atoms with Gasteiger partial charge in [-0.3, -0.25) is 4.57 Å². The zero-order valence-electron chi connectivity index (χ0n) is 11.4. The fraction of sp³-hybridized carbons (Fsp3) is 0.400. The van der Waals surface area contributed by atoms with Gasteiger partial charge in [-0.15, -0.1) is 0 Å². The molecule has 18 heavy (non-hydrogen) atoms. The molecule has 0 unspecified atom stereocenters. The molecule has 1 aromatic heterocycles. The second kappa shape index (κ2) is 5.11. The van der Waals surface area contributed by atoms with E-state index in [0.29, 0.717) is 5.92 Å². The fourth-order valence-corrected chi connectivity index (χ4v) is 2.62. The minimum Gasteiger partial charge on any atom is -0.337 e. The van der Waals surface area contributed by atoms with E-state index >= 15 is 0 Å². The van der Waals surface area contributed by atoms with E-state index < -0.39 is 0 Å². The zero-order valence-corrected chi connectivity index (χ0v) is 12.3. The van der Waals surface area contributed by atoms with E-state index in [1.807, 2.05) is 6.20 Å². The molecule has 0 aliphatic heterocycles. The van der Waals surface area contributed by atoms with Gasteiger partial charge >= 0.3 is 0 Å². The van der Waals surface area contributed by atoms with Crippen molar-refractivity contribution >= 4 is 12.2 Å². The van der Waals surface area contributed by atoms with Crippen LogP contribution in [0, 0.1) is 11.7 Å². The van der Waals surface area contributed by atoms with Gasteiger partial charge in [-0.1, -0.05) is 39.0 Å². The molecule has 3 heteroatoms. The third-order valence-electron chi connectivity index (χ3n) is 3.32. The Morgan fingerprint density at radius 2 is 2.06 bits per heavy atom. The highest BCUT2D eigenvalue weighted by atomic mass is 32.1. The summed E-state index contributed by atoms with van der Waals surface area (Å²) in [5.74, 6) is 0.447. The lowest BCUT2D eigenvalue weighted by molar-refractivity contribution is 0.777. The molecule has 0 fully saturated rings. The molecule has 1 heterocycles. The number of aromatic amines is 1. The summed E-state index contributed by atoms with van der Waals surface area (Å²) in [5, 5.41) is 0. The van der Waals surface area contributed by atoms with Gasteiger partial charge in [-0.05, 0) is 42.6 Å². The van der Waals surface area contributed by atoms with Crippen molar-refractivity contribution in [1.29, 1.82) is 0 Å². The van der Waals surface area contributed by atoms with Crippen LogP contribution in [0.1, 0.15) is 43.5 Å². The van der Waals surface area contributed by atoms with Gasteiger partial charge in [-0.2, -0.15) is 0 Å². The minimum atomic E-state index is 0.447. The SMILES string of the molecule is CCc1cccc(C)c1-n1c(C(C)C)c[nH]c1=S. The lowest BCUT2D eigenvalue weighted by Crippen LogP contribution is -2.07. The molecule has 0 bridgehead atoms. The molecule has 0 radical (unpaired) electrons. The number of benzene rings is 1. The van der Waals surface area contributed by atoms with Gasteiger partial charge in [0.25, 0.3) is 0 Å². The van der Waals surface area contributed by atoms with Crippen LogP contribution in [-0.2, 0) is 6.42 Å². The molecule has 96 valence electrons. The van der Waals surface area contributed by atoms with Crippen LogP contribution >= 0.6 is 12.2 Å². The van der Waals surface area contributed by atoms with Gasteiger partial charge in [0.15, 0.2) is 4.77 Å². The molecular weight excluding hydrogens is 240 g/mol. The first kappa shape index (κ1) is 13.1. The number of rotatable bonds is 3. The summed E-state index contributed by atoms with van der Waals surface area (Å²) in [5.41, 5.74) is 5.10. The topological polar surface area (TPSA) is 20.7 Å². The largest absolute Gasteiger partial charge is 0.337 e. The minimum absolute atomic E-state index is 0.447. The van der Waals surface area contributed by atoms with Crippen molar-refractivity contribution in [2.75, 3.05) is 0 Å². The van der Waals surface area contributed by atoms with Crippen molar-refractivity contribution in [3.8, 4) is 5.69 Å². The maximum atomic E-state index is 5.45. The van der Waals surface area contributed by atoms with Crippen molar-refractivity contribution in [1.82, 2.24) is 9.55 Å². The molecular formula is C15H20N2S. The Labute approximate surface area is 114 Å². The standard InChI is InChI=1S/C15H20N2S/c1-5-12-8-6-7-11(4)14(12)17-13(10(2)3)9-16-15(17)18/h6-10H,5H2,1-4H3,(H,16,18). The average molecular weight is 260 g/mol. The molecule has 0 spiro atoms. The zero-order chi connectivity index (χ0) is 13.3. The summed E-state index contributed by atoms with van der Waals surface area (Å²) in [4.78, 5) is 3.17. The third-order valence-corrected chi connectivity index (χ3v) is 3.62. The number of hydrogen-bond donors (Lipinski definition) is 1. The fourth-order valence-electron chi connectivity index (χ4n) is 2.36. The quantitative estimate of drug-likeness (QED) is 0.804. The number of aryl methyl sites for hydroxylation is 2. The summed E-state index contributed by atoms with van der Waals surface area (Å²) in [6.45, 7) is 8.72. The number of imidazole rings is 1. The first-order valence-electron chi connectivity index (χ1n) is 6.45. The monoisotopic (exact) mass is 260 g/mol. The first-order chi connectivity index (χ1) is 8.56. The van der Waals surface area contributed by atoms with E-state index in [0.717, 1.165) is 11.2 Å². The Bertz CT molecular complexity index is 605. The van der Waals surface area contributed by atoms with E-state index in [-0.39, 0.29) is 0 Å². The molecule has 0 amide bonds. The molecule has 0 saturated heterocycles. The maximum Gasteiger partial charge on any atom is 0.182 e. The second-order valence-electron chi connectivity index (χ2n) is 4.94. The van der Waals surface area contributed by atoms with Crippen LogP contribution in [0.5, 0.6) is 0 Å². The third kappa shape index (κ3) is 2.15.